The number of nitrogens with two attached hydrogens (primary N) is 1. The zero-order chi connectivity index (χ0) is 15.9. The zero-order valence-electron chi connectivity index (χ0n) is 12.3. The van der Waals surface area contributed by atoms with Crippen LogP contribution in [0.25, 0.3) is 5.57 Å². The van der Waals surface area contributed by atoms with E-state index in [1.807, 2.05) is 19.9 Å². The number of nitrogen functional groups attached to an aromatic ring is 1. The highest BCUT2D eigenvalue weighted by atomic mass is 16.5. The van der Waals surface area contributed by atoms with Crippen LogP contribution < -0.4 is 15.2 Å². The van der Waals surface area contributed by atoms with Crippen LogP contribution in [-0.2, 0) is 0 Å². The largest absolute Gasteiger partial charge is 0.710 e. The summed E-state index contributed by atoms with van der Waals surface area (Å²) in [7, 11) is 0. The summed E-state index contributed by atoms with van der Waals surface area (Å²) < 4.78 is 6.60. The Morgan fingerprint density at radius 1 is 1.27 bits per heavy atom. The third kappa shape index (κ3) is 2.25. The second kappa shape index (κ2) is 4.78. The van der Waals surface area contributed by atoms with Gasteiger partial charge in [0.25, 0.3) is 5.82 Å². The van der Waals surface area contributed by atoms with Gasteiger partial charge >= 0.3 is 0 Å². The maximum atomic E-state index is 12.3. The average Bonchev–Trinajstić information content (AvgIpc) is 2.48. The summed E-state index contributed by atoms with van der Waals surface area (Å²) in [6.45, 7) is 3.82. The van der Waals surface area contributed by atoms with Gasteiger partial charge in [0.05, 0.1) is 11.6 Å². The Labute approximate surface area is 128 Å². The number of ether oxygens (including phenoxy) is 1. The van der Waals surface area contributed by atoms with Crippen LogP contribution >= 0.6 is 0 Å². The lowest BCUT2D eigenvalue weighted by Gasteiger charge is -2.31. The molecule has 110 valence electrons. The summed E-state index contributed by atoms with van der Waals surface area (Å²) in [4.78, 5) is 0. The van der Waals surface area contributed by atoms with Gasteiger partial charge in [0.2, 0.25) is 0 Å². The lowest BCUT2D eigenvalue weighted by atomic mass is 9.91. The van der Waals surface area contributed by atoms with Crippen LogP contribution in [0.5, 0.6) is 5.75 Å². The van der Waals surface area contributed by atoms with Gasteiger partial charge in [-0.2, -0.15) is 5.26 Å². The predicted octanol–water partition coefficient (Wildman–Crippen LogP) is 2.38. The fourth-order valence-electron chi connectivity index (χ4n) is 2.56. The van der Waals surface area contributed by atoms with Crippen LogP contribution in [-0.4, -0.2) is 5.60 Å². The summed E-state index contributed by atoms with van der Waals surface area (Å²) in [5, 5.41) is 21.4. The lowest BCUT2D eigenvalue weighted by molar-refractivity contribution is -0.592. The van der Waals surface area contributed by atoms with Crippen LogP contribution in [0.2, 0.25) is 0 Å². The summed E-state index contributed by atoms with van der Waals surface area (Å²) in [6, 6.07) is 12.3. The van der Waals surface area contributed by atoms with Crippen molar-refractivity contribution >= 4 is 11.4 Å². The zero-order valence-corrected chi connectivity index (χ0v) is 12.3. The predicted molar refractivity (Wildman–Crippen MR) is 82.8 cm³/mol. The maximum Gasteiger partial charge on any atom is 0.275 e. The molecule has 1 aliphatic rings. The highest BCUT2D eigenvalue weighted by Crippen LogP contribution is 2.39. The highest BCUT2D eigenvalue weighted by molar-refractivity contribution is 5.83. The number of nitrogens with zero attached hydrogens (tertiary/aromatic N) is 2. The molecule has 22 heavy (non-hydrogen) atoms. The summed E-state index contributed by atoms with van der Waals surface area (Å²) in [6.07, 6.45) is 1.87. The first-order valence-electron chi connectivity index (χ1n) is 6.86. The number of aromatic nitrogens is 1. The topological polar surface area (TPSA) is 86.0 Å². The van der Waals surface area contributed by atoms with Crippen molar-refractivity contribution in [2.24, 2.45) is 0 Å². The quantitative estimate of drug-likeness (QED) is 0.646. The van der Waals surface area contributed by atoms with E-state index in [4.69, 9.17) is 15.7 Å². The normalized spacial score (nSPS) is 15.2. The molecule has 3 rings (SSSR count). The standard InChI is InChI=1S/C17H15N3O2/c1-17(2)9-13(14-4-3-5-16(19)20(14)21)12-8-11(10-18)6-7-15(12)22-17/h3-9H,19H2,1-2H3. The van der Waals surface area contributed by atoms with Crippen molar-refractivity contribution in [1.29, 1.82) is 5.26 Å². The Kier molecular flexibility index (Phi) is 3.03. The number of rotatable bonds is 1. The molecule has 0 spiro atoms. The van der Waals surface area contributed by atoms with E-state index in [9.17, 15) is 5.21 Å². The van der Waals surface area contributed by atoms with Crippen molar-refractivity contribution in [3.63, 3.8) is 0 Å². The van der Waals surface area contributed by atoms with Gasteiger partial charge in [0.1, 0.15) is 17.0 Å². The van der Waals surface area contributed by atoms with E-state index < -0.39 is 5.60 Å². The number of hydrogen-bond donors (Lipinski definition) is 1. The Morgan fingerprint density at radius 3 is 2.77 bits per heavy atom. The molecule has 2 heterocycles. The molecule has 0 unspecified atom stereocenters. The molecular formula is C17H15N3O2. The molecule has 1 aliphatic heterocycles. The van der Waals surface area contributed by atoms with Crippen LogP contribution in [0.3, 0.4) is 0 Å². The van der Waals surface area contributed by atoms with Gasteiger partial charge in [-0.1, -0.05) is 0 Å². The van der Waals surface area contributed by atoms with Crippen molar-refractivity contribution < 1.29 is 9.47 Å². The van der Waals surface area contributed by atoms with E-state index in [2.05, 4.69) is 6.07 Å². The van der Waals surface area contributed by atoms with Crippen molar-refractivity contribution in [3.8, 4) is 11.8 Å². The Balaban J connectivity index is 2.28. The molecule has 0 fully saturated rings. The second-order valence-electron chi connectivity index (χ2n) is 5.72. The monoisotopic (exact) mass is 293 g/mol. The second-order valence-corrected chi connectivity index (χ2v) is 5.72. The van der Waals surface area contributed by atoms with Crippen LogP contribution in [0.4, 0.5) is 5.82 Å². The molecule has 0 amide bonds. The van der Waals surface area contributed by atoms with E-state index in [-0.39, 0.29) is 5.82 Å². The van der Waals surface area contributed by atoms with Crippen molar-refractivity contribution in [2.45, 2.75) is 19.4 Å². The number of anilines is 1. The molecular weight excluding hydrogens is 278 g/mol. The van der Waals surface area contributed by atoms with Crippen molar-refractivity contribution in [1.82, 2.24) is 0 Å². The van der Waals surface area contributed by atoms with Crippen LogP contribution in [0.1, 0.15) is 30.7 Å². The van der Waals surface area contributed by atoms with E-state index in [1.165, 1.54) is 0 Å². The lowest BCUT2D eigenvalue weighted by Crippen LogP contribution is -2.37. The van der Waals surface area contributed by atoms with Gasteiger partial charge in [0, 0.05) is 17.2 Å². The molecule has 0 radical (unpaired) electrons. The van der Waals surface area contributed by atoms with E-state index in [0.29, 0.717) is 32.9 Å². The van der Waals surface area contributed by atoms with Gasteiger partial charge in [-0.25, -0.2) is 4.73 Å². The molecule has 5 heteroatoms. The smallest absolute Gasteiger partial charge is 0.275 e. The van der Waals surface area contributed by atoms with Crippen molar-refractivity contribution in [3.05, 3.63) is 64.5 Å². The summed E-state index contributed by atoms with van der Waals surface area (Å²) in [5.41, 5.74) is 7.53. The number of fused-ring (bicyclic) bond motifs is 1. The highest BCUT2D eigenvalue weighted by Gasteiger charge is 2.29. The molecule has 0 saturated carbocycles. The Bertz CT molecular complexity index is 832. The van der Waals surface area contributed by atoms with Gasteiger partial charge in [-0.3, -0.25) is 5.73 Å². The molecule has 5 nitrogen and oxygen atoms in total. The minimum Gasteiger partial charge on any atom is -0.710 e. The number of nitriles is 1. The number of hydrogen-bond acceptors (Lipinski definition) is 4. The average molecular weight is 293 g/mol. The molecule has 0 saturated heterocycles. The van der Waals surface area contributed by atoms with E-state index in [0.717, 1.165) is 0 Å². The van der Waals surface area contributed by atoms with Gasteiger partial charge in [0.15, 0.2) is 0 Å². The molecule has 0 aliphatic carbocycles. The van der Waals surface area contributed by atoms with E-state index >= 15 is 0 Å². The summed E-state index contributed by atoms with van der Waals surface area (Å²) in [5.74, 6) is 0.768. The van der Waals surface area contributed by atoms with Gasteiger partial charge < -0.3 is 9.94 Å². The summed E-state index contributed by atoms with van der Waals surface area (Å²) >= 11 is 0. The number of benzene rings is 1. The first kappa shape index (κ1) is 14.0. The number of pyridine rings is 1. The van der Waals surface area contributed by atoms with Gasteiger partial charge in [-0.15, -0.1) is 0 Å². The molecule has 2 N–H and O–H groups in total. The van der Waals surface area contributed by atoms with E-state index in [1.54, 1.807) is 36.4 Å². The van der Waals surface area contributed by atoms with Crippen LogP contribution in [0, 0.1) is 16.5 Å². The first-order valence-corrected chi connectivity index (χ1v) is 6.86. The molecule has 2 aromatic rings. The SMILES string of the molecule is CC1(C)C=C(c2cccc(N)[n+]2[O-])c2cc(C#N)ccc2O1. The third-order valence-corrected chi connectivity index (χ3v) is 3.51. The molecule has 0 atom stereocenters. The minimum absolute atomic E-state index is 0.126. The maximum absolute atomic E-state index is 12.3. The fraction of sp³-hybridized carbons (Fsp3) is 0.176. The Morgan fingerprint density at radius 2 is 2.05 bits per heavy atom. The Hall–Kier alpha value is -3.00. The molecule has 1 aromatic carbocycles. The fourth-order valence-corrected chi connectivity index (χ4v) is 2.56. The minimum atomic E-state index is -0.561. The van der Waals surface area contributed by atoms with Crippen LogP contribution in [0.15, 0.2) is 42.5 Å². The molecule has 0 bridgehead atoms. The third-order valence-electron chi connectivity index (χ3n) is 3.51. The van der Waals surface area contributed by atoms with Gasteiger partial charge in [-0.05, 0) is 50.3 Å². The first-order chi connectivity index (χ1) is 10.4. The molecule has 1 aromatic heterocycles. The van der Waals surface area contributed by atoms with Crippen molar-refractivity contribution in [2.75, 3.05) is 5.73 Å².